The van der Waals surface area contributed by atoms with Gasteiger partial charge in [0.05, 0.1) is 16.8 Å². The van der Waals surface area contributed by atoms with E-state index < -0.39 is 5.41 Å². The summed E-state index contributed by atoms with van der Waals surface area (Å²) in [5, 5.41) is 2.24. The van der Waals surface area contributed by atoms with Gasteiger partial charge in [-0.1, -0.05) is 200 Å². The fourth-order valence-corrected chi connectivity index (χ4v) is 11.2. The highest BCUT2D eigenvalue weighted by molar-refractivity contribution is 6.04. The lowest BCUT2D eigenvalue weighted by molar-refractivity contribution is 0.794. The molecule has 0 atom stereocenters. The van der Waals surface area contributed by atoms with Crippen molar-refractivity contribution in [2.75, 3.05) is 0 Å². The summed E-state index contributed by atoms with van der Waals surface area (Å²) in [6, 6.07) is 82.3. The van der Waals surface area contributed by atoms with Gasteiger partial charge in [-0.05, 0) is 91.2 Å². The average molecular weight is 866 g/mol. The SMILES string of the molecule is c1ccc(-c2nc(-c3ccc4c(c3)C3(c5ccccc5-c5ccccc53)c3ccccc3-4)nc(-c3ccc4ccccc4c3-c3cccc(-c4nc5ccccn5c4-c4ccccc4)c3)n2)cc1. The van der Waals surface area contributed by atoms with Crippen molar-refractivity contribution < 1.29 is 0 Å². The highest BCUT2D eigenvalue weighted by Gasteiger charge is 2.51. The van der Waals surface area contributed by atoms with Crippen molar-refractivity contribution in [3.8, 4) is 90.1 Å². The third kappa shape index (κ3) is 5.63. The molecule has 9 aromatic carbocycles. The number of fused-ring (bicyclic) bond motifs is 12. The van der Waals surface area contributed by atoms with Crippen LogP contribution < -0.4 is 0 Å². The van der Waals surface area contributed by atoms with Crippen LogP contribution >= 0.6 is 0 Å². The summed E-state index contributed by atoms with van der Waals surface area (Å²) in [6.45, 7) is 0. The Labute approximate surface area is 393 Å². The molecule has 0 aliphatic heterocycles. The highest BCUT2D eigenvalue weighted by atomic mass is 15.0. The van der Waals surface area contributed by atoms with Crippen molar-refractivity contribution in [2.24, 2.45) is 0 Å². The Morgan fingerprint density at radius 3 is 1.59 bits per heavy atom. The standard InChI is InChI=1S/C63H39N5/c1-3-19-41(20-4-1)59-58(64-56-32-15-16-37-68(56)59)44-24-17-23-43(38-44)57-46-25-8-7-18-40(46)33-36-51(57)62-66-60(42-21-5-2-6-22-42)65-61(67-62)45-34-35-50-49-28-11-14-31-54(49)63(55(50)39-45)52-29-12-9-26-47(52)48-27-10-13-30-53(48)63/h1-39H. The van der Waals surface area contributed by atoms with E-state index in [-0.39, 0.29) is 0 Å². The zero-order valence-corrected chi connectivity index (χ0v) is 36.8. The van der Waals surface area contributed by atoms with E-state index in [1.54, 1.807) is 0 Å². The Bertz CT molecular complexity index is 3920. The van der Waals surface area contributed by atoms with Crippen LogP contribution in [-0.2, 0) is 5.41 Å². The summed E-state index contributed by atoms with van der Waals surface area (Å²) >= 11 is 0. The van der Waals surface area contributed by atoms with Gasteiger partial charge in [-0.25, -0.2) is 19.9 Å². The second-order valence-corrected chi connectivity index (χ2v) is 17.7. The van der Waals surface area contributed by atoms with E-state index in [9.17, 15) is 0 Å². The first-order valence-electron chi connectivity index (χ1n) is 23.1. The molecule has 316 valence electrons. The van der Waals surface area contributed by atoms with Crippen molar-refractivity contribution in [1.82, 2.24) is 24.3 Å². The molecule has 0 saturated carbocycles. The number of pyridine rings is 1. The monoisotopic (exact) mass is 865 g/mol. The summed E-state index contributed by atoms with van der Waals surface area (Å²) in [4.78, 5) is 21.4. The molecule has 1 spiro atoms. The molecule has 12 aromatic rings. The van der Waals surface area contributed by atoms with Crippen LogP contribution in [0.5, 0.6) is 0 Å². The van der Waals surface area contributed by atoms with E-state index in [4.69, 9.17) is 19.9 Å². The molecule has 68 heavy (non-hydrogen) atoms. The molecular formula is C63H39N5. The molecule has 0 radical (unpaired) electrons. The van der Waals surface area contributed by atoms with Crippen LogP contribution in [0, 0.1) is 0 Å². The van der Waals surface area contributed by atoms with E-state index in [2.05, 4.69) is 217 Å². The van der Waals surface area contributed by atoms with Crippen LogP contribution in [0.25, 0.3) is 106 Å². The highest BCUT2D eigenvalue weighted by Crippen LogP contribution is 2.63. The lowest BCUT2D eigenvalue weighted by Crippen LogP contribution is -2.25. The maximum absolute atomic E-state index is 5.50. The van der Waals surface area contributed by atoms with Crippen molar-refractivity contribution >= 4 is 16.4 Å². The number of hydrogen-bond donors (Lipinski definition) is 0. The number of benzene rings is 9. The van der Waals surface area contributed by atoms with Crippen LogP contribution in [0.4, 0.5) is 0 Å². The zero-order valence-electron chi connectivity index (χ0n) is 36.8. The van der Waals surface area contributed by atoms with Crippen molar-refractivity contribution in [3.05, 3.63) is 259 Å². The van der Waals surface area contributed by atoms with Gasteiger partial charge in [0, 0.05) is 39.6 Å². The number of rotatable bonds is 6. The Hall–Kier alpha value is -9.06. The molecular weight excluding hydrogens is 827 g/mol. The van der Waals surface area contributed by atoms with E-state index in [0.717, 1.165) is 66.8 Å². The fraction of sp³-hybridized carbons (Fsp3) is 0.0159. The van der Waals surface area contributed by atoms with Crippen molar-refractivity contribution in [2.45, 2.75) is 5.41 Å². The molecule has 0 saturated heterocycles. The molecule has 0 unspecified atom stereocenters. The maximum Gasteiger partial charge on any atom is 0.164 e. The Morgan fingerprint density at radius 2 is 0.868 bits per heavy atom. The number of nitrogens with zero attached hydrogens (tertiary/aromatic N) is 5. The molecule has 0 N–H and O–H groups in total. The molecule has 0 fully saturated rings. The quantitative estimate of drug-likeness (QED) is 0.167. The second-order valence-electron chi connectivity index (χ2n) is 17.7. The molecule has 3 heterocycles. The van der Waals surface area contributed by atoms with E-state index >= 15 is 0 Å². The molecule has 5 heteroatoms. The average Bonchev–Trinajstić information content (AvgIpc) is 4.05. The second kappa shape index (κ2) is 15.0. The van der Waals surface area contributed by atoms with Gasteiger partial charge in [-0.15, -0.1) is 0 Å². The van der Waals surface area contributed by atoms with Gasteiger partial charge in [-0.2, -0.15) is 0 Å². The molecule has 3 aromatic heterocycles. The van der Waals surface area contributed by atoms with Crippen LogP contribution in [0.2, 0.25) is 0 Å². The van der Waals surface area contributed by atoms with Gasteiger partial charge in [-0.3, -0.25) is 4.40 Å². The van der Waals surface area contributed by atoms with Gasteiger partial charge in [0.1, 0.15) is 5.65 Å². The first kappa shape index (κ1) is 38.2. The van der Waals surface area contributed by atoms with Crippen LogP contribution in [-0.4, -0.2) is 24.3 Å². The molecule has 0 amide bonds. The summed E-state index contributed by atoms with van der Waals surface area (Å²) in [5.41, 5.74) is 19.5. The van der Waals surface area contributed by atoms with Crippen molar-refractivity contribution in [3.63, 3.8) is 0 Å². The third-order valence-corrected chi connectivity index (χ3v) is 14.1. The third-order valence-electron chi connectivity index (χ3n) is 14.1. The summed E-state index contributed by atoms with van der Waals surface area (Å²) in [5.74, 6) is 1.84. The Kier molecular flexibility index (Phi) is 8.43. The molecule has 2 aliphatic rings. The summed E-state index contributed by atoms with van der Waals surface area (Å²) in [7, 11) is 0. The van der Waals surface area contributed by atoms with Crippen LogP contribution in [0.1, 0.15) is 22.3 Å². The normalized spacial score (nSPS) is 12.8. The maximum atomic E-state index is 5.50. The molecule has 14 rings (SSSR count). The van der Waals surface area contributed by atoms with Gasteiger partial charge < -0.3 is 0 Å². The first-order valence-corrected chi connectivity index (χ1v) is 23.1. The van der Waals surface area contributed by atoms with E-state index in [0.29, 0.717) is 17.5 Å². The smallest absolute Gasteiger partial charge is 0.164 e. The number of aromatic nitrogens is 5. The lowest BCUT2D eigenvalue weighted by atomic mass is 9.70. The minimum atomic E-state index is -0.495. The summed E-state index contributed by atoms with van der Waals surface area (Å²) in [6.07, 6.45) is 2.09. The van der Waals surface area contributed by atoms with E-state index in [1.807, 2.05) is 24.3 Å². The largest absolute Gasteiger partial charge is 0.299 e. The van der Waals surface area contributed by atoms with Gasteiger partial charge in [0.2, 0.25) is 0 Å². The minimum absolute atomic E-state index is 0.495. The first-order chi connectivity index (χ1) is 33.7. The van der Waals surface area contributed by atoms with Gasteiger partial charge >= 0.3 is 0 Å². The summed E-state index contributed by atoms with van der Waals surface area (Å²) < 4.78 is 2.18. The van der Waals surface area contributed by atoms with Crippen LogP contribution in [0.15, 0.2) is 237 Å². The topological polar surface area (TPSA) is 56.0 Å². The number of hydrogen-bond acceptors (Lipinski definition) is 4. The van der Waals surface area contributed by atoms with E-state index in [1.165, 1.54) is 44.5 Å². The molecule has 5 nitrogen and oxygen atoms in total. The predicted molar refractivity (Wildman–Crippen MR) is 275 cm³/mol. The van der Waals surface area contributed by atoms with Crippen LogP contribution in [0.3, 0.4) is 0 Å². The zero-order chi connectivity index (χ0) is 44.8. The predicted octanol–water partition coefficient (Wildman–Crippen LogP) is 15.0. The molecule has 2 aliphatic carbocycles. The fourth-order valence-electron chi connectivity index (χ4n) is 11.2. The number of imidazole rings is 1. The lowest BCUT2D eigenvalue weighted by Gasteiger charge is -2.30. The van der Waals surface area contributed by atoms with Gasteiger partial charge in [0.25, 0.3) is 0 Å². The van der Waals surface area contributed by atoms with Gasteiger partial charge in [0.15, 0.2) is 17.5 Å². The molecule has 0 bridgehead atoms. The minimum Gasteiger partial charge on any atom is -0.299 e. The Balaban J connectivity index is 0.990. The van der Waals surface area contributed by atoms with Crippen molar-refractivity contribution in [1.29, 1.82) is 0 Å². The Morgan fingerprint density at radius 1 is 0.324 bits per heavy atom.